The molecule has 1 N–H and O–H groups in total. The third-order valence-corrected chi connectivity index (χ3v) is 3.84. The van der Waals surface area contributed by atoms with Crippen LogP contribution in [0.15, 0.2) is 24.3 Å². The number of carbonyl (C=O) groups excluding carboxylic acids is 1. The van der Waals surface area contributed by atoms with Crippen LogP contribution in [0.25, 0.3) is 0 Å². The molecule has 0 aromatic heterocycles. The SMILES string of the molecule is CCCOc1ccc(NC(=O)C(C)(OCC)C2CC2)cc1. The highest BCUT2D eigenvalue weighted by Gasteiger charge is 2.48. The average Bonchev–Trinajstić information content (AvgIpc) is 3.31. The first-order valence-corrected chi connectivity index (χ1v) is 7.78. The predicted octanol–water partition coefficient (Wildman–Crippen LogP) is 3.62. The van der Waals surface area contributed by atoms with Gasteiger partial charge in [-0.1, -0.05) is 6.92 Å². The highest BCUT2D eigenvalue weighted by atomic mass is 16.5. The Morgan fingerprint density at radius 3 is 2.48 bits per heavy atom. The molecule has 116 valence electrons. The van der Waals surface area contributed by atoms with Crippen molar-refractivity contribution in [3.8, 4) is 5.75 Å². The summed E-state index contributed by atoms with van der Waals surface area (Å²) < 4.78 is 11.3. The van der Waals surface area contributed by atoms with E-state index >= 15 is 0 Å². The molecule has 0 spiro atoms. The smallest absolute Gasteiger partial charge is 0.256 e. The van der Waals surface area contributed by atoms with Gasteiger partial charge < -0.3 is 14.8 Å². The molecular weight excluding hydrogens is 266 g/mol. The zero-order valence-corrected chi connectivity index (χ0v) is 13.1. The van der Waals surface area contributed by atoms with Gasteiger partial charge in [-0.3, -0.25) is 4.79 Å². The van der Waals surface area contributed by atoms with E-state index in [4.69, 9.17) is 9.47 Å². The van der Waals surface area contributed by atoms with Crippen LogP contribution in [0.2, 0.25) is 0 Å². The largest absolute Gasteiger partial charge is 0.494 e. The molecule has 0 radical (unpaired) electrons. The number of rotatable bonds is 8. The molecule has 1 saturated carbocycles. The minimum absolute atomic E-state index is 0.0610. The monoisotopic (exact) mass is 291 g/mol. The second kappa shape index (κ2) is 6.94. The van der Waals surface area contributed by atoms with Crippen LogP contribution in [0.5, 0.6) is 5.75 Å². The van der Waals surface area contributed by atoms with E-state index in [1.807, 2.05) is 38.1 Å². The number of hydrogen-bond acceptors (Lipinski definition) is 3. The molecule has 1 aliphatic carbocycles. The Kier molecular flexibility index (Phi) is 5.23. The molecule has 0 heterocycles. The zero-order valence-electron chi connectivity index (χ0n) is 13.1. The quantitative estimate of drug-likeness (QED) is 0.795. The van der Waals surface area contributed by atoms with Crippen LogP contribution < -0.4 is 10.1 Å². The second-order valence-corrected chi connectivity index (χ2v) is 5.64. The summed E-state index contributed by atoms with van der Waals surface area (Å²) in [5.74, 6) is 1.10. The van der Waals surface area contributed by atoms with Crippen molar-refractivity contribution in [2.24, 2.45) is 5.92 Å². The summed E-state index contributed by atoms with van der Waals surface area (Å²) in [5.41, 5.74) is 0.0574. The first-order valence-electron chi connectivity index (χ1n) is 7.78. The van der Waals surface area contributed by atoms with E-state index in [2.05, 4.69) is 12.2 Å². The molecule has 0 aliphatic heterocycles. The van der Waals surface area contributed by atoms with Crippen molar-refractivity contribution in [2.75, 3.05) is 18.5 Å². The molecule has 1 aromatic carbocycles. The molecule has 4 nitrogen and oxygen atoms in total. The minimum atomic E-state index is -0.716. The maximum atomic E-state index is 12.5. The lowest BCUT2D eigenvalue weighted by molar-refractivity contribution is -0.141. The molecule has 0 bridgehead atoms. The van der Waals surface area contributed by atoms with Crippen molar-refractivity contribution in [2.45, 2.75) is 45.6 Å². The van der Waals surface area contributed by atoms with Gasteiger partial charge in [0.25, 0.3) is 5.91 Å². The maximum Gasteiger partial charge on any atom is 0.256 e. The van der Waals surface area contributed by atoms with E-state index in [0.717, 1.165) is 30.7 Å². The molecule has 21 heavy (non-hydrogen) atoms. The van der Waals surface area contributed by atoms with E-state index in [9.17, 15) is 4.79 Å². The molecule has 1 amide bonds. The highest BCUT2D eigenvalue weighted by Crippen LogP contribution is 2.42. The Labute approximate surface area is 126 Å². The Balaban J connectivity index is 1.98. The van der Waals surface area contributed by atoms with Gasteiger partial charge in [-0.05, 0) is 63.3 Å². The normalized spacial score (nSPS) is 17.1. The topological polar surface area (TPSA) is 47.6 Å². The zero-order chi connectivity index (χ0) is 15.3. The summed E-state index contributed by atoms with van der Waals surface area (Å²) in [6.45, 7) is 7.14. The van der Waals surface area contributed by atoms with Gasteiger partial charge in [0.05, 0.1) is 6.61 Å². The summed E-state index contributed by atoms with van der Waals surface area (Å²) in [4.78, 5) is 12.5. The van der Waals surface area contributed by atoms with E-state index in [0.29, 0.717) is 19.1 Å². The van der Waals surface area contributed by atoms with Crippen LogP contribution in [0.1, 0.15) is 40.0 Å². The molecule has 2 rings (SSSR count). The maximum absolute atomic E-state index is 12.5. The number of hydrogen-bond donors (Lipinski definition) is 1. The fourth-order valence-corrected chi connectivity index (χ4v) is 2.41. The van der Waals surface area contributed by atoms with Gasteiger partial charge >= 0.3 is 0 Å². The van der Waals surface area contributed by atoms with Crippen LogP contribution in [0.3, 0.4) is 0 Å². The van der Waals surface area contributed by atoms with Gasteiger partial charge in [0.15, 0.2) is 0 Å². The van der Waals surface area contributed by atoms with Crippen LogP contribution in [0, 0.1) is 5.92 Å². The minimum Gasteiger partial charge on any atom is -0.494 e. The van der Waals surface area contributed by atoms with Crippen molar-refractivity contribution in [3.63, 3.8) is 0 Å². The van der Waals surface area contributed by atoms with Crippen molar-refractivity contribution in [1.82, 2.24) is 0 Å². The lowest BCUT2D eigenvalue weighted by atomic mass is 9.99. The number of benzene rings is 1. The predicted molar refractivity (Wildman–Crippen MR) is 83.6 cm³/mol. The van der Waals surface area contributed by atoms with Gasteiger partial charge in [0.1, 0.15) is 11.4 Å². The molecular formula is C17H25NO3. The Hall–Kier alpha value is -1.55. The summed E-state index contributed by atoms with van der Waals surface area (Å²) in [6.07, 6.45) is 3.11. The standard InChI is InChI=1S/C17H25NO3/c1-4-12-20-15-10-8-14(9-11-15)18-16(19)17(3,21-5-2)13-6-7-13/h8-11,13H,4-7,12H2,1-3H3,(H,18,19). The number of amides is 1. The van der Waals surface area contributed by atoms with Crippen LogP contribution >= 0.6 is 0 Å². The Morgan fingerprint density at radius 2 is 1.95 bits per heavy atom. The summed E-state index contributed by atoms with van der Waals surface area (Å²) in [7, 11) is 0. The summed E-state index contributed by atoms with van der Waals surface area (Å²) in [5, 5.41) is 2.95. The first kappa shape index (κ1) is 15.8. The lowest BCUT2D eigenvalue weighted by Crippen LogP contribution is -2.44. The van der Waals surface area contributed by atoms with Crippen molar-refractivity contribution in [1.29, 1.82) is 0 Å². The fourth-order valence-electron chi connectivity index (χ4n) is 2.41. The lowest BCUT2D eigenvalue weighted by Gasteiger charge is -2.28. The van der Waals surface area contributed by atoms with Crippen LogP contribution in [-0.4, -0.2) is 24.7 Å². The summed E-state index contributed by atoms with van der Waals surface area (Å²) in [6, 6.07) is 7.48. The molecule has 1 aromatic rings. The second-order valence-electron chi connectivity index (χ2n) is 5.64. The van der Waals surface area contributed by atoms with E-state index < -0.39 is 5.60 Å². The Morgan fingerprint density at radius 1 is 1.29 bits per heavy atom. The van der Waals surface area contributed by atoms with E-state index in [1.165, 1.54) is 0 Å². The van der Waals surface area contributed by atoms with Crippen LogP contribution in [0.4, 0.5) is 5.69 Å². The van der Waals surface area contributed by atoms with Crippen molar-refractivity contribution >= 4 is 11.6 Å². The van der Waals surface area contributed by atoms with Gasteiger partial charge in [0.2, 0.25) is 0 Å². The first-order chi connectivity index (χ1) is 10.1. The number of ether oxygens (including phenoxy) is 2. The molecule has 0 saturated heterocycles. The van der Waals surface area contributed by atoms with Crippen LogP contribution in [-0.2, 0) is 9.53 Å². The molecule has 1 unspecified atom stereocenters. The van der Waals surface area contributed by atoms with Gasteiger partial charge in [-0.2, -0.15) is 0 Å². The summed E-state index contributed by atoms with van der Waals surface area (Å²) >= 11 is 0. The van der Waals surface area contributed by atoms with Crippen molar-refractivity contribution < 1.29 is 14.3 Å². The highest BCUT2D eigenvalue weighted by molar-refractivity contribution is 5.97. The molecule has 1 aliphatic rings. The third kappa shape index (κ3) is 3.97. The van der Waals surface area contributed by atoms with E-state index in [-0.39, 0.29) is 5.91 Å². The number of anilines is 1. The van der Waals surface area contributed by atoms with Gasteiger partial charge in [-0.25, -0.2) is 0 Å². The molecule has 1 atom stereocenters. The number of carbonyl (C=O) groups is 1. The van der Waals surface area contributed by atoms with Gasteiger partial charge in [0, 0.05) is 12.3 Å². The fraction of sp³-hybridized carbons (Fsp3) is 0.588. The number of nitrogens with one attached hydrogen (secondary N) is 1. The average molecular weight is 291 g/mol. The molecule has 4 heteroatoms. The van der Waals surface area contributed by atoms with E-state index in [1.54, 1.807) is 0 Å². The van der Waals surface area contributed by atoms with Gasteiger partial charge in [-0.15, -0.1) is 0 Å². The van der Waals surface area contributed by atoms with Crippen molar-refractivity contribution in [3.05, 3.63) is 24.3 Å². The Bertz CT molecular complexity index is 467. The third-order valence-electron chi connectivity index (χ3n) is 3.84. The molecule has 1 fully saturated rings.